The minimum absolute atomic E-state index is 0.00834. The highest BCUT2D eigenvalue weighted by molar-refractivity contribution is 5.81. The molecule has 3 N–H and O–H groups in total. The number of benzene rings is 1. The fraction of sp³-hybridized carbons (Fsp3) is 0.474. The monoisotopic (exact) mass is 330 g/mol. The van der Waals surface area contributed by atoms with Crippen molar-refractivity contribution in [1.82, 2.24) is 5.32 Å². The third-order valence-electron chi connectivity index (χ3n) is 4.28. The van der Waals surface area contributed by atoms with Gasteiger partial charge in [0.25, 0.3) is 0 Å². The molecule has 130 valence electrons. The van der Waals surface area contributed by atoms with Gasteiger partial charge in [-0.05, 0) is 50.3 Å². The molecular formula is C19H26N2O3. The van der Waals surface area contributed by atoms with Crippen LogP contribution in [0.3, 0.4) is 0 Å². The van der Waals surface area contributed by atoms with E-state index in [0.717, 1.165) is 30.6 Å². The molecule has 2 rings (SSSR count). The summed E-state index contributed by atoms with van der Waals surface area (Å²) in [5, 5.41) is 2.89. The number of allylic oxidation sites excluding steroid dienone is 2. The number of nitrogens with one attached hydrogen (secondary N) is 1. The SMILES string of the molecule is CCOc1ccc(C[C@@H](CNC(=O)[C@H]2CC=CCC2)C(N)=O)cc1. The van der Waals surface area contributed by atoms with Gasteiger partial charge in [0.05, 0.1) is 12.5 Å². The molecule has 5 nitrogen and oxygen atoms in total. The molecule has 0 spiro atoms. The largest absolute Gasteiger partial charge is 0.494 e. The van der Waals surface area contributed by atoms with Gasteiger partial charge in [-0.1, -0.05) is 24.3 Å². The fourth-order valence-corrected chi connectivity index (χ4v) is 2.85. The molecule has 1 aliphatic carbocycles. The van der Waals surface area contributed by atoms with Crippen LogP contribution in [-0.2, 0) is 16.0 Å². The van der Waals surface area contributed by atoms with Crippen LogP contribution in [0.15, 0.2) is 36.4 Å². The maximum atomic E-state index is 12.2. The summed E-state index contributed by atoms with van der Waals surface area (Å²) >= 11 is 0. The first-order valence-corrected chi connectivity index (χ1v) is 8.54. The van der Waals surface area contributed by atoms with Crippen molar-refractivity contribution in [2.24, 2.45) is 17.6 Å². The van der Waals surface area contributed by atoms with Crippen LogP contribution < -0.4 is 15.8 Å². The maximum Gasteiger partial charge on any atom is 0.223 e. The van der Waals surface area contributed by atoms with Crippen LogP contribution >= 0.6 is 0 Å². The van der Waals surface area contributed by atoms with Gasteiger partial charge in [-0.3, -0.25) is 9.59 Å². The fourth-order valence-electron chi connectivity index (χ4n) is 2.85. The number of ether oxygens (including phenoxy) is 1. The van der Waals surface area contributed by atoms with Gasteiger partial charge in [0, 0.05) is 12.5 Å². The van der Waals surface area contributed by atoms with Gasteiger partial charge in [-0.15, -0.1) is 0 Å². The van der Waals surface area contributed by atoms with Crippen molar-refractivity contribution in [2.75, 3.05) is 13.2 Å². The number of nitrogens with two attached hydrogens (primary N) is 1. The Morgan fingerprint density at radius 2 is 2.04 bits per heavy atom. The summed E-state index contributed by atoms with van der Waals surface area (Å²) in [5.74, 6) is 0.0144. The van der Waals surface area contributed by atoms with Gasteiger partial charge in [0.15, 0.2) is 0 Å². The van der Waals surface area contributed by atoms with Crippen LogP contribution in [0.4, 0.5) is 0 Å². The van der Waals surface area contributed by atoms with E-state index in [9.17, 15) is 9.59 Å². The summed E-state index contributed by atoms with van der Waals surface area (Å²) in [5.41, 5.74) is 6.50. The molecule has 2 amide bonds. The lowest BCUT2D eigenvalue weighted by atomic mass is 9.93. The summed E-state index contributed by atoms with van der Waals surface area (Å²) < 4.78 is 5.41. The molecule has 0 aliphatic heterocycles. The second-order valence-corrected chi connectivity index (χ2v) is 6.11. The predicted molar refractivity (Wildman–Crippen MR) is 93.5 cm³/mol. The molecule has 0 bridgehead atoms. The van der Waals surface area contributed by atoms with Crippen LogP contribution in [0.25, 0.3) is 0 Å². The second kappa shape index (κ2) is 9.11. The van der Waals surface area contributed by atoms with Gasteiger partial charge >= 0.3 is 0 Å². The number of primary amides is 1. The molecule has 1 aromatic rings. The minimum Gasteiger partial charge on any atom is -0.494 e. The topological polar surface area (TPSA) is 81.4 Å². The van der Waals surface area contributed by atoms with Gasteiger partial charge in [-0.2, -0.15) is 0 Å². The molecule has 1 aliphatic rings. The third-order valence-corrected chi connectivity index (χ3v) is 4.28. The summed E-state index contributed by atoms with van der Waals surface area (Å²) in [7, 11) is 0. The Morgan fingerprint density at radius 3 is 2.62 bits per heavy atom. The maximum absolute atomic E-state index is 12.2. The Kier molecular flexibility index (Phi) is 6.85. The van der Waals surface area contributed by atoms with E-state index in [-0.39, 0.29) is 18.4 Å². The number of carbonyl (C=O) groups excluding carboxylic acids is 2. The first kappa shape index (κ1) is 18.0. The average Bonchev–Trinajstić information content (AvgIpc) is 2.60. The molecule has 0 fully saturated rings. The molecule has 0 unspecified atom stereocenters. The highest BCUT2D eigenvalue weighted by atomic mass is 16.5. The van der Waals surface area contributed by atoms with E-state index in [1.807, 2.05) is 37.3 Å². The number of hydrogen-bond donors (Lipinski definition) is 2. The zero-order valence-electron chi connectivity index (χ0n) is 14.2. The molecule has 1 aromatic carbocycles. The number of carbonyl (C=O) groups is 2. The Labute approximate surface area is 143 Å². The van der Waals surface area contributed by atoms with Crippen LogP contribution in [0, 0.1) is 11.8 Å². The first-order chi connectivity index (χ1) is 11.6. The van der Waals surface area contributed by atoms with Crippen LogP contribution in [-0.4, -0.2) is 25.0 Å². The molecular weight excluding hydrogens is 304 g/mol. The highest BCUT2D eigenvalue weighted by Gasteiger charge is 2.22. The molecule has 0 aromatic heterocycles. The summed E-state index contributed by atoms with van der Waals surface area (Å²) in [6, 6.07) is 7.61. The molecule has 5 heteroatoms. The van der Waals surface area contributed by atoms with E-state index in [4.69, 9.17) is 10.5 Å². The van der Waals surface area contributed by atoms with Gasteiger partial charge in [-0.25, -0.2) is 0 Å². The van der Waals surface area contributed by atoms with E-state index in [2.05, 4.69) is 11.4 Å². The summed E-state index contributed by atoms with van der Waals surface area (Å²) in [4.78, 5) is 23.9. The standard InChI is InChI=1S/C19H26N2O3/c1-2-24-17-10-8-14(9-11-17)12-16(18(20)22)13-21-19(23)15-6-4-3-5-7-15/h3-4,8-11,15-16H,2,5-7,12-13H2,1H3,(H2,20,22)(H,21,23)/t15-,16-/m0/s1. The number of amides is 2. The quantitative estimate of drug-likeness (QED) is 0.717. The lowest BCUT2D eigenvalue weighted by molar-refractivity contribution is -0.126. The molecule has 0 heterocycles. The predicted octanol–water partition coefficient (Wildman–Crippen LogP) is 2.20. The summed E-state index contributed by atoms with van der Waals surface area (Å²) in [6.45, 7) is 2.83. The van der Waals surface area contributed by atoms with Crippen molar-refractivity contribution in [2.45, 2.75) is 32.6 Å². The lowest BCUT2D eigenvalue weighted by Gasteiger charge is -2.20. The van der Waals surface area contributed by atoms with Crippen molar-refractivity contribution in [3.63, 3.8) is 0 Å². The Hall–Kier alpha value is -2.30. The molecule has 24 heavy (non-hydrogen) atoms. The van der Waals surface area contributed by atoms with Crippen LogP contribution in [0.5, 0.6) is 5.75 Å². The zero-order valence-corrected chi connectivity index (χ0v) is 14.2. The van der Waals surface area contributed by atoms with Gasteiger partial charge in [0.2, 0.25) is 11.8 Å². The van der Waals surface area contributed by atoms with Gasteiger partial charge < -0.3 is 15.8 Å². The summed E-state index contributed by atoms with van der Waals surface area (Å²) in [6.07, 6.45) is 7.21. The first-order valence-electron chi connectivity index (χ1n) is 8.54. The van der Waals surface area contributed by atoms with E-state index in [1.165, 1.54) is 0 Å². The van der Waals surface area contributed by atoms with Gasteiger partial charge in [0.1, 0.15) is 5.75 Å². The zero-order chi connectivity index (χ0) is 17.4. The third kappa shape index (κ3) is 5.41. The van der Waals surface area contributed by atoms with Crippen molar-refractivity contribution < 1.29 is 14.3 Å². The Morgan fingerprint density at radius 1 is 1.29 bits per heavy atom. The highest BCUT2D eigenvalue weighted by Crippen LogP contribution is 2.19. The Balaban J connectivity index is 1.88. The molecule has 0 saturated heterocycles. The van der Waals surface area contributed by atoms with Crippen LogP contribution in [0.1, 0.15) is 31.7 Å². The normalized spacial score (nSPS) is 18.0. The van der Waals surface area contributed by atoms with E-state index in [1.54, 1.807) is 0 Å². The lowest BCUT2D eigenvalue weighted by Crippen LogP contribution is -2.39. The average molecular weight is 330 g/mol. The van der Waals surface area contributed by atoms with Crippen molar-refractivity contribution >= 4 is 11.8 Å². The molecule has 2 atom stereocenters. The molecule has 0 radical (unpaired) electrons. The number of hydrogen-bond acceptors (Lipinski definition) is 3. The number of rotatable bonds is 8. The Bertz CT molecular complexity index is 581. The van der Waals surface area contributed by atoms with Crippen molar-refractivity contribution in [1.29, 1.82) is 0 Å². The second-order valence-electron chi connectivity index (χ2n) is 6.11. The minimum atomic E-state index is -0.411. The smallest absolute Gasteiger partial charge is 0.223 e. The van der Waals surface area contributed by atoms with E-state index >= 15 is 0 Å². The van der Waals surface area contributed by atoms with Crippen LogP contribution in [0.2, 0.25) is 0 Å². The molecule has 0 saturated carbocycles. The van der Waals surface area contributed by atoms with E-state index in [0.29, 0.717) is 13.0 Å². The van der Waals surface area contributed by atoms with Crippen molar-refractivity contribution in [3.8, 4) is 5.75 Å². The van der Waals surface area contributed by atoms with Crippen molar-refractivity contribution in [3.05, 3.63) is 42.0 Å². The van der Waals surface area contributed by atoms with E-state index < -0.39 is 11.8 Å².